The summed E-state index contributed by atoms with van der Waals surface area (Å²) < 4.78 is 3.15. The molecule has 0 unspecified atom stereocenters. The first kappa shape index (κ1) is 6.07. The molecule has 52 valence electrons. The average Bonchev–Trinajstić information content (AvgIpc) is 2.05. The van der Waals surface area contributed by atoms with Crippen molar-refractivity contribution < 1.29 is 0 Å². The average molecular weight is 152 g/mol. The number of para-hydroxylation sites is 1. The van der Waals surface area contributed by atoms with Gasteiger partial charge in [0.1, 0.15) is 0 Å². The van der Waals surface area contributed by atoms with Gasteiger partial charge in [0.05, 0.1) is 12.4 Å². The smallest absolute Gasteiger partial charge is 0.0750 e. The molecule has 1 heterocycles. The number of hydrogen-bond acceptors (Lipinski definition) is 3. The monoisotopic (exact) mass is 152 g/mol. The molecule has 0 aromatic heterocycles. The van der Waals surface area contributed by atoms with Crippen molar-refractivity contribution in [1.82, 2.24) is 4.72 Å². The minimum Gasteiger partial charge on any atom is -0.371 e. The second kappa shape index (κ2) is 2.52. The van der Waals surface area contributed by atoms with Crippen LogP contribution in [0.1, 0.15) is 0 Å². The molecule has 0 amide bonds. The number of hydrogen-bond donors (Lipinski definition) is 2. The molecule has 0 aliphatic carbocycles. The predicted molar refractivity (Wildman–Crippen MR) is 43.9 cm³/mol. The zero-order valence-electron chi connectivity index (χ0n) is 5.42. The van der Waals surface area contributed by atoms with E-state index in [2.05, 4.69) is 22.2 Å². The van der Waals surface area contributed by atoms with Gasteiger partial charge in [0.2, 0.25) is 0 Å². The van der Waals surface area contributed by atoms with E-state index in [0.717, 1.165) is 6.67 Å². The van der Waals surface area contributed by atoms with E-state index < -0.39 is 0 Å². The predicted octanol–water partition coefficient (Wildman–Crippen LogP) is 1.67. The fourth-order valence-electron chi connectivity index (χ4n) is 0.947. The summed E-state index contributed by atoms with van der Waals surface area (Å²) in [6.07, 6.45) is 0. The summed E-state index contributed by atoms with van der Waals surface area (Å²) in [6.45, 7) is 0.849. The van der Waals surface area contributed by atoms with Crippen LogP contribution in [0.15, 0.2) is 29.2 Å². The molecule has 1 aliphatic rings. The maximum absolute atomic E-state index is 3.23. The Hall–Kier alpha value is -0.670. The molecule has 0 saturated carbocycles. The third-order valence-electron chi connectivity index (χ3n) is 1.42. The molecule has 0 bridgehead atoms. The van der Waals surface area contributed by atoms with Gasteiger partial charge in [-0.1, -0.05) is 12.1 Å². The SMILES string of the molecule is c1ccc2c(c1)NCNS2. The van der Waals surface area contributed by atoms with Crippen LogP contribution in [-0.2, 0) is 0 Å². The third-order valence-corrected chi connectivity index (χ3v) is 2.28. The van der Waals surface area contributed by atoms with Crippen LogP contribution >= 0.6 is 11.9 Å². The Morgan fingerprint density at radius 3 is 3.10 bits per heavy atom. The lowest BCUT2D eigenvalue weighted by molar-refractivity contribution is 1.01. The third kappa shape index (κ3) is 0.978. The molecule has 0 fully saturated rings. The van der Waals surface area contributed by atoms with Crippen LogP contribution in [0, 0.1) is 0 Å². The van der Waals surface area contributed by atoms with E-state index in [4.69, 9.17) is 0 Å². The van der Waals surface area contributed by atoms with E-state index in [0.29, 0.717) is 0 Å². The second-order valence-corrected chi connectivity index (χ2v) is 3.03. The van der Waals surface area contributed by atoms with Crippen LogP contribution in [0.5, 0.6) is 0 Å². The lowest BCUT2D eigenvalue weighted by Crippen LogP contribution is -2.19. The molecule has 1 aromatic rings. The number of anilines is 1. The highest BCUT2D eigenvalue weighted by molar-refractivity contribution is 7.97. The summed E-state index contributed by atoms with van der Waals surface area (Å²) in [7, 11) is 0. The normalized spacial score (nSPS) is 15.6. The molecular weight excluding hydrogens is 144 g/mol. The Labute approximate surface area is 64.1 Å². The van der Waals surface area contributed by atoms with Crippen molar-refractivity contribution >= 4 is 17.6 Å². The lowest BCUT2D eigenvalue weighted by atomic mass is 10.3. The standard InChI is InChI=1S/C7H8N2S/c1-2-4-7-6(3-1)8-5-9-10-7/h1-4,8-9H,5H2. The first-order valence-corrected chi connectivity index (χ1v) is 4.01. The number of benzene rings is 1. The number of fused-ring (bicyclic) bond motifs is 1. The maximum atomic E-state index is 3.23. The van der Waals surface area contributed by atoms with E-state index >= 15 is 0 Å². The van der Waals surface area contributed by atoms with Crippen LogP contribution in [0.25, 0.3) is 0 Å². The van der Waals surface area contributed by atoms with Crippen LogP contribution in [0.2, 0.25) is 0 Å². The van der Waals surface area contributed by atoms with E-state index in [-0.39, 0.29) is 0 Å². The Morgan fingerprint density at radius 2 is 2.20 bits per heavy atom. The molecule has 0 atom stereocenters. The van der Waals surface area contributed by atoms with E-state index in [1.807, 2.05) is 12.1 Å². The van der Waals surface area contributed by atoms with Crippen molar-refractivity contribution in [3.8, 4) is 0 Å². The molecule has 1 aromatic carbocycles. The highest BCUT2D eigenvalue weighted by Crippen LogP contribution is 2.26. The van der Waals surface area contributed by atoms with Gasteiger partial charge in [0, 0.05) is 4.90 Å². The Balaban J connectivity index is 2.41. The van der Waals surface area contributed by atoms with E-state index in [1.165, 1.54) is 10.6 Å². The van der Waals surface area contributed by atoms with Gasteiger partial charge in [-0.2, -0.15) is 0 Å². The molecule has 0 radical (unpaired) electrons. The maximum Gasteiger partial charge on any atom is 0.0750 e. The van der Waals surface area contributed by atoms with Crippen molar-refractivity contribution in [1.29, 1.82) is 0 Å². The van der Waals surface area contributed by atoms with Gasteiger partial charge in [0.25, 0.3) is 0 Å². The summed E-state index contributed by atoms with van der Waals surface area (Å²) in [4.78, 5) is 1.27. The van der Waals surface area contributed by atoms with Crippen molar-refractivity contribution in [3.05, 3.63) is 24.3 Å². The number of rotatable bonds is 0. The molecule has 0 spiro atoms. The van der Waals surface area contributed by atoms with Crippen LogP contribution in [0.3, 0.4) is 0 Å². The van der Waals surface area contributed by atoms with Crippen molar-refractivity contribution in [2.24, 2.45) is 0 Å². The summed E-state index contributed by atoms with van der Waals surface area (Å²) in [6, 6.07) is 8.26. The Morgan fingerprint density at radius 1 is 1.30 bits per heavy atom. The van der Waals surface area contributed by atoms with Crippen LogP contribution in [-0.4, -0.2) is 6.67 Å². The number of nitrogens with one attached hydrogen (secondary N) is 2. The van der Waals surface area contributed by atoms with E-state index in [9.17, 15) is 0 Å². The summed E-state index contributed by atoms with van der Waals surface area (Å²) in [5.41, 5.74) is 1.23. The van der Waals surface area contributed by atoms with Crippen molar-refractivity contribution in [2.45, 2.75) is 4.90 Å². The summed E-state index contributed by atoms with van der Waals surface area (Å²) in [5.74, 6) is 0. The lowest BCUT2D eigenvalue weighted by Gasteiger charge is -2.16. The Kier molecular flexibility index (Phi) is 1.53. The quantitative estimate of drug-likeness (QED) is 0.553. The van der Waals surface area contributed by atoms with Gasteiger partial charge in [-0.05, 0) is 24.1 Å². The summed E-state index contributed by atoms with van der Waals surface area (Å²) in [5, 5.41) is 3.23. The molecule has 0 saturated heterocycles. The summed E-state index contributed by atoms with van der Waals surface area (Å²) >= 11 is 1.68. The molecule has 2 nitrogen and oxygen atoms in total. The second-order valence-electron chi connectivity index (χ2n) is 2.10. The topological polar surface area (TPSA) is 24.1 Å². The first-order chi connectivity index (χ1) is 4.97. The molecule has 2 rings (SSSR count). The highest BCUT2D eigenvalue weighted by Gasteiger charge is 2.04. The molecule has 2 N–H and O–H groups in total. The van der Waals surface area contributed by atoms with Gasteiger partial charge in [-0.15, -0.1) is 0 Å². The fraction of sp³-hybridized carbons (Fsp3) is 0.143. The molecule has 3 heteroatoms. The van der Waals surface area contributed by atoms with Gasteiger partial charge >= 0.3 is 0 Å². The largest absolute Gasteiger partial charge is 0.371 e. The highest BCUT2D eigenvalue weighted by atomic mass is 32.2. The van der Waals surface area contributed by atoms with Gasteiger partial charge in [0.15, 0.2) is 0 Å². The van der Waals surface area contributed by atoms with Gasteiger partial charge in [-0.25, -0.2) is 4.72 Å². The van der Waals surface area contributed by atoms with E-state index in [1.54, 1.807) is 11.9 Å². The zero-order chi connectivity index (χ0) is 6.81. The Bertz CT molecular complexity index is 212. The minimum absolute atomic E-state index is 0.849. The van der Waals surface area contributed by atoms with Gasteiger partial charge < -0.3 is 5.32 Å². The zero-order valence-corrected chi connectivity index (χ0v) is 6.24. The molecular formula is C7H8N2S. The molecule has 1 aliphatic heterocycles. The fourth-order valence-corrected chi connectivity index (χ4v) is 1.64. The van der Waals surface area contributed by atoms with Crippen molar-refractivity contribution in [2.75, 3.05) is 12.0 Å². The molecule has 10 heavy (non-hydrogen) atoms. The minimum atomic E-state index is 0.849. The van der Waals surface area contributed by atoms with Crippen molar-refractivity contribution in [3.63, 3.8) is 0 Å². The first-order valence-electron chi connectivity index (χ1n) is 3.19. The van der Waals surface area contributed by atoms with Gasteiger partial charge in [-0.3, -0.25) is 0 Å². The van der Waals surface area contributed by atoms with Crippen LogP contribution < -0.4 is 10.0 Å². The van der Waals surface area contributed by atoms with Crippen LogP contribution in [0.4, 0.5) is 5.69 Å².